The molecule has 0 spiro atoms. The number of hydrogen-bond donors (Lipinski definition) is 2. The minimum absolute atomic E-state index is 0.802. The summed E-state index contributed by atoms with van der Waals surface area (Å²) in [4.78, 5) is 4.93. The van der Waals surface area contributed by atoms with Crippen LogP contribution in [0.1, 0.15) is 6.42 Å². The lowest BCUT2D eigenvalue weighted by Gasteiger charge is -1.99. The van der Waals surface area contributed by atoms with Crippen LogP contribution in [0.15, 0.2) is 0 Å². The van der Waals surface area contributed by atoms with Crippen LogP contribution in [0.5, 0.6) is 0 Å². The average Bonchev–Trinajstić information content (AvgIpc) is 1.97. The van der Waals surface area contributed by atoms with Crippen molar-refractivity contribution in [1.82, 2.24) is 5.48 Å². The molecule has 0 rings (SSSR count). The molecule has 1 N–H and O–H groups in total. The second-order valence-corrected chi connectivity index (χ2v) is 3.41. The SMILES string of the molecule is CNOCCCSCCS. The molecule has 0 aliphatic carbocycles. The van der Waals surface area contributed by atoms with E-state index in [1.165, 1.54) is 5.75 Å². The first-order valence-electron chi connectivity index (χ1n) is 3.39. The van der Waals surface area contributed by atoms with Crippen LogP contribution in [0.25, 0.3) is 0 Å². The summed E-state index contributed by atoms with van der Waals surface area (Å²) in [7, 11) is 1.78. The van der Waals surface area contributed by atoms with Crippen LogP contribution in [-0.4, -0.2) is 30.9 Å². The smallest absolute Gasteiger partial charge is 0.0689 e. The van der Waals surface area contributed by atoms with Crippen molar-refractivity contribution in [1.29, 1.82) is 0 Å². The standard InChI is InChI=1S/C6H15NOS2/c1-7-8-3-2-5-10-6-4-9/h7,9H,2-6H2,1H3. The molecule has 0 aromatic heterocycles. The summed E-state index contributed by atoms with van der Waals surface area (Å²) >= 11 is 6.02. The molecule has 0 unspecified atom stereocenters. The first kappa shape index (κ1) is 10.6. The zero-order valence-electron chi connectivity index (χ0n) is 6.30. The predicted octanol–water partition coefficient (Wildman–Crippen LogP) is 1.19. The Balaban J connectivity index is 2.65. The van der Waals surface area contributed by atoms with Crippen LogP contribution in [0.3, 0.4) is 0 Å². The maximum absolute atomic E-state index is 4.93. The Bertz CT molecular complexity index is 55.7. The van der Waals surface area contributed by atoms with Crippen molar-refractivity contribution < 1.29 is 4.84 Å². The molecule has 10 heavy (non-hydrogen) atoms. The third-order valence-corrected chi connectivity index (χ3v) is 2.51. The highest BCUT2D eigenvalue weighted by Crippen LogP contribution is 2.01. The maximum atomic E-state index is 4.93. The van der Waals surface area contributed by atoms with Gasteiger partial charge in [0.15, 0.2) is 0 Å². The fraction of sp³-hybridized carbons (Fsp3) is 1.00. The highest BCUT2D eigenvalue weighted by Gasteiger charge is 1.87. The van der Waals surface area contributed by atoms with Crippen molar-refractivity contribution >= 4 is 24.4 Å². The quantitative estimate of drug-likeness (QED) is 0.350. The largest absolute Gasteiger partial charge is 0.302 e. The Morgan fingerprint density at radius 2 is 2.30 bits per heavy atom. The summed E-state index contributed by atoms with van der Waals surface area (Å²) in [6, 6.07) is 0. The second kappa shape index (κ2) is 9.62. The Hall–Kier alpha value is 0.620. The van der Waals surface area contributed by atoms with E-state index in [9.17, 15) is 0 Å². The molecule has 4 heteroatoms. The van der Waals surface area contributed by atoms with E-state index in [4.69, 9.17) is 4.84 Å². The van der Waals surface area contributed by atoms with Crippen molar-refractivity contribution in [3.8, 4) is 0 Å². The van der Waals surface area contributed by atoms with E-state index >= 15 is 0 Å². The van der Waals surface area contributed by atoms with E-state index in [1.54, 1.807) is 7.05 Å². The Kier molecular flexibility index (Phi) is 10.2. The molecule has 0 atom stereocenters. The molecule has 2 nitrogen and oxygen atoms in total. The number of hydrogen-bond acceptors (Lipinski definition) is 4. The number of hydroxylamine groups is 1. The van der Waals surface area contributed by atoms with Gasteiger partial charge in [0.05, 0.1) is 6.61 Å². The van der Waals surface area contributed by atoms with Crippen LogP contribution in [0.4, 0.5) is 0 Å². The number of rotatable bonds is 7. The molecular weight excluding hydrogens is 166 g/mol. The fourth-order valence-electron chi connectivity index (χ4n) is 0.502. The van der Waals surface area contributed by atoms with E-state index in [0.29, 0.717) is 0 Å². The Labute approximate surface area is 72.5 Å². The maximum Gasteiger partial charge on any atom is 0.0689 e. The monoisotopic (exact) mass is 181 g/mol. The van der Waals surface area contributed by atoms with Gasteiger partial charge >= 0.3 is 0 Å². The van der Waals surface area contributed by atoms with Gasteiger partial charge < -0.3 is 4.84 Å². The molecular formula is C6H15NOS2. The van der Waals surface area contributed by atoms with Crippen molar-refractivity contribution in [3.63, 3.8) is 0 Å². The summed E-state index contributed by atoms with van der Waals surface area (Å²) in [5.41, 5.74) is 2.63. The molecule has 0 aliphatic heterocycles. The van der Waals surface area contributed by atoms with Crippen LogP contribution in [-0.2, 0) is 4.84 Å². The van der Waals surface area contributed by atoms with Crippen molar-refractivity contribution in [2.75, 3.05) is 30.9 Å². The van der Waals surface area contributed by atoms with Gasteiger partial charge in [-0.15, -0.1) is 0 Å². The summed E-state index contributed by atoms with van der Waals surface area (Å²) in [5.74, 6) is 3.28. The Morgan fingerprint density at radius 1 is 1.50 bits per heavy atom. The molecule has 0 amide bonds. The van der Waals surface area contributed by atoms with Crippen LogP contribution in [0.2, 0.25) is 0 Å². The summed E-state index contributed by atoms with van der Waals surface area (Å²) < 4.78 is 0. The van der Waals surface area contributed by atoms with Gasteiger partial charge in [0.2, 0.25) is 0 Å². The number of thiol groups is 1. The Morgan fingerprint density at radius 3 is 2.90 bits per heavy atom. The molecule has 0 fully saturated rings. The topological polar surface area (TPSA) is 21.3 Å². The molecule has 0 aromatic carbocycles. The molecule has 0 aliphatic rings. The van der Waals surface area contributed by atoms with Gasteiger partial charge in [0.1, 0.15) is 0 Å². The van der Waals surface area contributed by atoms with Gasteiger partial charge in [-0.1, -0.05) is 0 Å². The normalized spacial score (nSPS) is 10.2. The highest BCUT2D eigenvalue weighted by molar-refractivity contribution is 7.99. The van der Waals surface area contributed by atoms with E-state index in [0.717, 1.165) is 24.5 Å². The van der Waals surface area contributed by atoms with Gasteiger partial charge in [0, 0.05) is 12.8 Å². The van der Waals surface area contributed by atoms with Crippen molar-refractivity contribution in [2.45, 2.75) is 6.42 Å². The first-order chi connectivity index (χ1) is 4.91. The number of thioether (sulfide) groups is 1. The zero-order chi connectivity index (χ0) is 7.66. The minimum Gasteiger partial charge on any atom is -0.302 e. The van der Waals surface area contributed by atoms with Gasteiger partial charge in [-0.3, -0.25) is 0 Å². The van der Waals surface area contributed by atoms with E-state index in [-0.39, 0.29) is 0 Å². The van der Waals surface area contributed by atoms with Crippen molar-refractivity contribution in [3.05, 3.63) is 0 Å². The lowest BCUT2D eigenvalue weighted by Crippen LogP contribution is -2.08. The first-order valence-corrected chi connectivity index (χ1v) is 5.17. The summed E-state index contributed by atoms with van der Waals surface area (Å²) in [6.45, 7) is 0.802. The van der Waals surface area contributed by atoms with Crippen LogP contribution < -0.4 is 5.48 Å². The fourth-order valence-corrected chi connectivity index (χ4v) is 1.54. The predicted molar refractivity (Wildman–Crippen MR) is 50.8 cm³/mol. The van der Waals surface area contributed by atoms with E-state index < -0.39 is 0 Å². The van der Waals surface area contributed by atoms with E-state index in [1.807, 2.05) is 11.8 Å². The molecule has 0 heterocycles. The van der Waals surface area contributed by atoms with Gasteiger partial charge in [-0.2, -0.15) is 24.4 Å². The molecule has 0 bridgehead atoms. The average molecular weight is 181 g/mol. The lowest BCUT2D eigenvalue weighted by atomic mass is 10.5. The van der Waals surface area contributed by atoms with Gasteiger partial charge in [0.25, 0.3) is 0 Å². The molecule has 0 saturated carbocycles. The zero-order valence-corrected chi connectivity index (χ0v) is 8.01. The second-order valence-electron chi connectivity index (χ2n) is 1.74. The van der Waals surface area contributed by atoms with Crippen molar-refractivity contribution in [2.24, 2.45) is 0 Å². The molecule has 62 valence electrons. The van der Waals surface area contributed by atoms with Gasteiger partial charge in [-0.25, -0.2) is 5.48 Å². The minimum atomic E-state index is 0.802. The van der Waals surface area contributed by atoms with Crippen LogP contribution in [0, 0.1) is 0 Å². The summed E-state index contributed by atoms with van der Waals surface area (Å²) in [5, 5.41) is 0. The molecule has 0 saturated heterocycles. The van der Waals surface area contributed by atoms with Crippen LogP contribution >= 0.6 is 24.4 Å². The third-order valence-electron chi connectivity index (χ3n) is 0.915. The van der Waals surface area contributed by atoms with Gasteiger partial charge in [-0.05, 0) is 17.9 Å². The molecule has 0 radical (unpaired) electrons. The third kappa shape index (κ3) is 8.62. The molecule has 0 aromatic rings. The summed E-state index contributed by atoms with van der Waals surface area (Å²) in [6.07, 6.45) is 1.11. The number of nitrogens with one attached hydrogen (secondary N) is 1. The highest BCUT2D eigenvalue weighted by atomic mass is 32.2. The van der Waals surface area contributed by atoms with E-state index in [2.05, 4.69) is 18.1 Å². The lowest BCUT2D eigenvalue weighted by molar-refractivity contribution is 0.0590.